The van der Waals surface area contributed by atoms with Gasteiger partial charge in [0.2, 0.25) is 0 Å². The molecule has 1 rings (SSSR count). The molecule has 9 heteroatoms. The second-order valence-electron chi connectivity index (χ2n) is 3.55. The highest BCUT2D eigenvalue weighted by Gasteiger charge is 2.34. The van der Waals surface area contributed by atoms with Crippen molar-refractivity contribution in [1.29, 1.82) is 0 Å². The van der Waals surface area contributed by atoms with E-state index in [-0.39, 0.29) is 0 Å². The predicted molar refractivity (Wildman–Crippen MR) is 60.4 cm³/mol. The number of amides is 1. The lowest BCUT2D eigenvalue weighted by Crippen LogP contribution is -2.24. The smallest absolute Gasteiger partial charge is 0.354 e. The maximum atomic E-state index is 12.5. The molecule has 0 saturated carbocycles. The van der Waals surface area contributed by atoms with Gasteiger partial charge in [0, 0.05) is 13.2 Å². The molecule has 0 aliphatic rings. The van der Waals surface area contributed by atoms with E-state index < -0.39 is 43.8 Å². The summed E-state index contributed by atoms with van der Waals surface area (Å²) in [6, 6.07) is 0.427. The minimum absolute atomic E-state index is 0.427. The van der Waals surface area contributed by atoms with Crippen LogP contribution in [0.25, 0.3) is 0 Å². The molecule has 106 valence electrons. The highest BCUT2D eigenvalue weighted by molar-refractivity contribution is 7.91. The van der Waals surface area contributed by atoms with E-state index in [1.165, 1.54) is 14.0 Å². The molecule has 0 radical (unpaired) electrons. The zero-order chi connectivity index (χ0) is 14.8. The number of hydrogen-bond donors (Lipinski definition) is 1. The summed E-state index contributed by atoms with van der Waals surface area (Å²) in [5, 5.41) is 2.13. The molecule has 0 aromatic carbocycles. The van der Waals surface area contributed by atoms with Crippen LogP contribution in [0.3, 0.4) is 0 Å². The fourth-order valence-corrected chi connectivity index (χ4v) is 2.34. The van der Waals surface area contributed by atoms with Crippen LogP contribution < -0.4 is 5.32 Å². The molecular formula is C10H11F3N2O3S. The second-order valence-corrected chi connectivity index (χ2v) is 5.80. The van der Waals surface area contributed by atoms with Gasteiger partial charge in [-0.05, 0) is 6.07 Å². The number of nitrogens with zero attached hydrogens (tertiary/aromatic N) is 1. The first-order valence-electron chi connectivity index (χ1n) is 5.15. The molecule has 0 saturated heterocycles. The highest BCUT2D eigenvalue weighted by atomic mass is 32.2. The number of sulfone groups is 1. The van der Waals surface area contributed by atoms with Gasteiger partial charge in [-0.3, -0.25) is 4.79 Å². The number of nitrogens with one attached hydrogen (secondary N) is 1. The Balaban J connectivity index is 3.57. The van der Waals surface area contributed by atoms with Gasteiger partial charge in [0.25, 0.3) is 5.91 Å². The summed E-state index contributed by atoms with van der Waals surface area (Å²) in [6.07, 6.45) is -4.30. The third-order valence-electron chi connectivity index (χ3n) is 2.34. The normalized spacial score (nSPS) is 12.3. The standard InChI is InChI=1S/C10H11F3N2O3S/c1-3-19(17,18)7-4-6(10(11,12)13)5-15-8(7)9(16)14-2/h4-5H,3H2,1-2H3,(H,14,16). The molecule has 0 spiro atoms. The van der Waals surface area contributed by atoms with Gasteiger partial charge in [-0.1, -0.05) is 6.92 Å². The van der Waals surface area contributed by atoms with Crippen molar-refractivity contribution in [2.45, 2.75) is 18.0 Å². The van der Waals surface area contributed by atoms with Gasteiger partial charge in [-0.15, -0.1) is 0 Å². The molecule has 0 aliphatic heterocycles. The highest BCUT2D eigenvalue weighted by Crippen LogP contribution is 2.31. The van der Waals surface area contributed by atoms with Crippen LogP contribution in [0.5, 0.6) is 0 Å². The van der Waals surface area contributed by atoms with Crippen molar-refractivity contribution in [1.82, 2.24) is 10.3 Å². The predicted octanol–water partition coefficient (Wildman–Crippen LogP) is 1.25. The third kappa shape index (κ3) is 3.22. The molecule has 0 fully saturated rings. The summed E-state index contributed by atoms with van der Waals surface area (Å²) in [5.41, 5.74) is -1.76. The van der Waals surface area contributed by atoms with E-state index in [1.807, 2.05) is 0 Å². The zero-order valence-corrected chi connectivity index (χ0v) is 10.9. The molecule has 0 unspecified atom stereocenters. The van der Waals surface area contributed by atoms with Crippen molar-refractivity contribution in [3.05, 3.63) is 23.5 Å². The van der Waals surface area contributed by atoms with Crippen molar-refractivity contribution in [3.63, 3.8) is 0 Å². The first-order chi connectivity index (χ1) is 8.63. The Labute approximate surface area is 107 Å². The lowest BCUT2D eigenvalue weighted by atomic mass is 10.2. The van der Waals surface area contributed by atoms with Crippen molar-refractivity contribution < 1.29 is 26.4 Å². The Morgan fingerprint density at radius 2 is 2.00 bits per heavy atom. The van der Waals surface area contributed by atoms with E-state index in [9.17, 15) is 26.4 Å². The number of rotatable bonds is 3. The van der Waals surface area contributed by atoms with Gasteiger partial charge in [-0.2, -0.15) is 13.2 Å². The van der Waals surface area contributed by atoms with E-state index in [0.29, 0.717) is 12.3 Å². The number of alkyl halides is 3. The number of carbonyl (C=O) groups is 1. The third-order valence-corrected chi connectivity index (χ3v) is 4.08. The van der Waals surface area contributed by atoms with Crippen molar-refractivity contribution in [2.24, 2.45) is 0 Å². The molecule has 1 aromatic rings. The lowest BCUT2D eigenvalue weighted by Gasteiger charge is -2.11. The van der Waals surface area contributed by atoms with Gasteiger partial charge in [0.05, 0.1) is 16.2 Å². The Morgan fingerprint density at radius 3 is 2.42 bits per heavy atom. The molecule has 5 nitrogen and oxygen atoms in total. The van der Waals surface area contributed by atoms with Crippen LogP contribution >= 0.6 is 0 Å². The molecule has 1 amide bonds. The van der Waals surface area contributed by atoms with Crippen LogP contribution in [0.2, 0.25) is 0 Å². The van der Waals surface area contributed by atoms with E-state index in [1.54, 1.807) is 0 Å². The van der Waals surface area contributed by atoms with Crippen LogP contribution in [-0.2, 0) is 16.0 Å². The van der Waals surface area contributed by atoms with Gasteiger partial charge in [0.15, 0.2) is 9.84 Å². The minimum Gasteiger partial charge on any atom is -0.354 e. The van der Waals surface area contributed by atoms with Crippen LogP contribution in [0, 0.1) is 0 Å². The Kier molecular flexibility index (Phi) is 4.18. The first kappa shape index (κ1) is 15.4. The van der Waals surface area contributed by atoms with Crippen LogP contribution in [0.4, 0.5) is 13.2 Å². The molecule has 0 aliphatic carbocycles. The lowest BCUT2D eigenvalue weighted by molar-refractivity contribution is -0.138. The fourth-order valence-electron chi connectivity index (χ4n) is 1.28. The van der Waals surface area contributed by atoms with Crippen LogP contribution in [0.15, 0.2) is 17.2 Å². The number of pyridine rings is 1. The van der Waals surface area contributed by atoms with Gasteiger partial charge < -0.3 is 5.32 Å². The minimum atomic E-state index is -4.73. The Bertz CT molecular complexity index is 597. The fraction of sp³-hybridized carbons (Fsp3) is 0.400. The summed E-state index contributed by atoms with van der Waals surface area (Å²) in [4.78, 5) is 14.0. The quantitative estimate of drug-likeness (QED) is 0.911. The van der Waals surface area contributed by atoms with Crippen molar-refractivity contribution in [2.75, 3.05) is 12.8 Å². The molecular weight excluding hydrogens is 285 g/mol. The monoisotopic (exact) mass is 296 g/mol. The summed E-state index contributed by atoms with van der Waals surface area (Å²) in [7, 11) is -2.76. The summed E-state index contributed by atoms with van der Waals surface area (Å²) in [6.45, 7) is 1.27. The number of halogens is 3. The SMILES string of the molecule is CCS(=O)(=O)c1cc(C(F)(F)F)cnc1C(=O)NC. The maximum Gasteiger partial charge on any atom is 0.417 e. The first-order valence-corrected chi connectivity index (χ1v) is 6.80. The Morgan fingerprint density at radius 1 is 1.42 bits per heavy atom. The van der Waals surface area contributed by atoms with Gasteiger partial charge >= 0.3 is 6.18 Å². The molecule has 0 atom stereocenters. The summed E-state index contributed by atoms with van der Waals surface area (Å²) < 4.78 is 61.1. The molecule has 1 N–H and O–H groups in total. The molecule has 1 heterocycles. The van der Waals surface area contributed by atoms with Gasteiger partial charge in [-0.25, -0.2) is 13.4 Å². The van der Waals surface area contributed by atoms with Crippen LogP contribution in [-0.4, -0.2) is 32.1 Å². The number of aromatic nitrogens is 1. The molecule has 19 heavy (non-hydrogen) atoms. The van der Waals surface area contributed by atoms with Crippen molar-refractivity contribution in [3.8, 4) is 0 Å². The van der Waals surface area contributed by atoms with E-state index in [0.717, 1.165) is 0 Å². The van der Waals surface area contributed by atoms with E-state index in [4.69, 9.17) is 0 Å². The Hall–Kier alpha value is -1.64. The summed E-state index contributed by atoms with van der Waals surface area (Å²) >= 11 is 0. The number of carbonyl (C=O) groups excluding carboxylic acids is 1. The van der Waals surface area contributed by atoms with Gasteiger partial charge in [0.1, 0.15) is 5.69 Å². The summed E-state index contributed by atoms with van der Waals surface area (Å²) in [5.74, 6) is -1.29. The second kappa shape index (κ2) is 5.16. The zero-order valence-electron chi connectivity index (χ0n) is 10.1. The van der Waals surface area contributed by atoms with E-state index >= 15 is 0 Å². The van der Waals surface area contributed by atoms with E-state index in [2.05, 4.69) is 10.3 Å². The average Bonchev–Trinajstić information content (AvgIpc) is 2.36. The molecule has 1 aromatic heterocycles. The topological polar surface area (TPSA) is 76.1 Å². The van der Waals surface area contributed by atoms with Crippen molar-refractivity contribution >= 4 is 15.7 Å². The average molecular weight is 296 g/mol. The maximum absolute atomic E-state index is 12.5. The largest absolute Gasteiger partial charge is 0.417 e. The molecule has 0 bridgehead atoms. The van der Waals surface area contributed by atoms with Crippen LogP contribution in [0.1, 0.15) is 23.0 Å². The number of hydrogen-bond acceptors (Lipinski definition) is 4.